The number of amides is 1. The van der Waals surface area contributed by atoms with Crippen LogP contribution in [0.2, 0.25) is 0 Å². The molecule has 1 aromatic heterocycles. The van der Waals surface area contributed by atoms with Gasteiger partial charge in [-0.05, 0) is 38.3 Å². The van der Waals surface area contributed by atoms with Crippen LogP contribution in [0.5, 0.6) is 5.75 Å². The van der Waals surface area contributed by atoms with E-state index in [0.29, 0.717) is 18.0 Å². The quantitative estimate of drug-likeness (QED) is 0.750. The van der Waals surface area contributed by atoms with Crippen molar-refractivity contribution in [1.29, 1.82) is 0 Å². The van der Waals surface area contributed by atoms with Gasteiger partial charge in [0.05, 0.1) is 24.7 Å². The Bertz CT molecular complexity index is 739. The Labute approximate surface area is 149 Å². The van der Waals surface area contributed by atoms with E-state index >= 15 is 0 Å². The Hall–Kier alpha value is -2.43. The molecule has 2 aromatic rings. The molecule has 0 N–H and O–H groups in total. The summed E-state index contributed by atoms with van der Waals surface area (Å²) in [6, 6.07) is 6.03. The predicted octanol–water partition coefficient (Wildman–Crippen LogP) is 3.87. The van der Waals surface area contributed by atoms with E-state index in [2.05, 4.69) is 16.9 Å². The molecule has 0 unspecified atom stereocenters. The van der Waals surface area contributed by atoms with E-state index in [9.17, 15) is 4.79 Å². The fourth-order valence-corrected chi connectivity index (χ4v) is 2.98. The summed E-state index contributed by atoms with van der Waals surface area (Å²) in [5.74, 6) is 0.757. The Morgan fingerprint density at radius 2 is 2.04 bits per heavy atom. The maximum absolute atomic E-state index is 12.6. The summed E-state index contributed by atoms with van der Waals surface area (Å²) < 4.78 is 5.92. The molecule has 1 saturated heterocycles. The average molecular weight is 339 g/mol. The molecule has 132 valence electrons. The Morgan fingerprint density at radius 1 is 1.24 bits per heavy atom. The molecule has 0 spiro atoms. The second kappa shape index (κ2) is 8.10. The van der Waals surface area contributed by atoms with Crippen LogP contribution >= 0.6 is 0 Å². The highest BCUT2D eigenvalue weighted by Crippen LogP contribution is 2.30. The molecule has 1 aliphatic heterocycles. The minimum atomic E-state index is -0.0343. The highest BCUT2D eigenvalue weighted by Gasteiger charge is 2.21. The van der Waals surface area contributed by atoms with Crippen molar-refractivity contribution in [2.75, 3.05) is 19.7 Å². The highest BCUT2D eigenvalue weighted by atomic mass is 16.5. The molecule has 5 nitrogen and oxygen atoms in total. The first-order chi connectivity index (χ1) is 12.2. The lowest BCUT2D eigenvalue weighted by atomic mass is 10.1. The lowest BCUT2D eigenvalue weighted by Gasteiger charge is -2.15. The Morgan fingerprint density at radius 3 is 2.80 bits per heavy atom. The molecule has 2 heterocycles. The molecule has 3 rings (SSSR count). The van der Waals surface area contributed by atoms with E-state index in [0.717, 1.165) is 55.6 Å². The minimum absolute atomic E-state index is 0.0343. The lowest BCUT2D eigenvalue weighted by Crippen LogP contribution is -2.28. The van der Waals surface area contributed by atoms with Crippen LogP contribution in [0.15, 0.2) is 30.6 Å². The van der Waals surface area contributed by atoms with Crippen LogP contribution in [-0.4, -0.2) is 40.5 Å². The fraction of sp³-hybridized carbons (Fsp3) is 0.450. The standard InChI is InChI=1S/C20H25N3O2/c1-3-4-11-25-19-8-7-15(2)12-16(19)17-13-21-14-18(22-17)20(24)23-9-5-6-10-23/h7-8,12-14H,3-6,9-11H2,1-2H3. The molecule has 0 saturated carbocycles. The molecule has 1 fully saturated rings. The van der Waals surface area contributed by atoms with Crippen LogP contribution in [0, 0.1) is 6.92 Å². The van der Waals surface area contributed by atoms with Gasteiger partial charge in [-0.2, -0.15) is 0 Å². The highest BCUT2D eigenvalue weighted by molar-refractivity contribution is 5.92. The van der Waals surface area contributed by atoms with Crippen LogP contribution in [0.25, 0.3) is 11.3 Å². The van der Waals surface area contributed by atoms with E-state index in [-0.39, 0.29) is 5.91 Å². The number of unbranched alkanes of at least 4 members (excludes halogenated alkanes) is 1. The van der Waals surface area contributed by atoms with Gasteiger partial charge in [0.15, 0.2) is 0 Å². The van der Waals surface area contributed by atoms with Crippen molar-refractivity contribution in [2.24, 2.45) is 0 Å². The summed E-state index contributed by atoms with van der Waals surface area (Å²) in [6.07, 6.45) is 7.46. The first kappa shape index (κ1) is 17.4. The minimum Gasteiger partial charge on any atom is -0.493 e. The normalized spacial score (nSPS) is 13.9. The number of hydrogen-bond acceptors (Lipinski definition) is 4. The Kier molecular flexibility index (Phi) is 5.64. The van der Waals surface area contributed by atoms with Crippen molar-refractivity contribution >= 4 is 5.91 Å². The van der Waals surface area contributed by atoms with Crippen LogP contribution in [-0.2, 0) is 0 Å². The van der Waals surface area contributed by atoms with E-state index in [4.69, 9.17) is 4.74 Å². The first-order valence-corrected chi connectivity index (χ1v) is 9.04. The zero-order chi connectivity index (χ0) is 17.6. The van der Waals surface area contributed by atoms with Gasteiger partial charge >= 0.3 is 0 Å². The van der Waals surface area contributed by atoms with Gasteiger partial charge in [0.25, 0.3) is 5.91 Å². The zero-order valence-corrected chi connectivity index (χ0v) is 15.0. The van der Waals surface area contributed by atoms with Crippen molar-refractivity contribution in [3.05, 3.63) is 41.9 Å². The summed E-state index contributed by atoms with van der Waals surface area (Å²) >= 11 is 0. The first-order valence-electron chi connectivity index (χ1n) is 9.04. The van der Waals surface area contributed by atoms with Gasteiger partial charge in [-0.25, -0.2) is 4.98 Å². The van der Waals surface area contributed by atoms with Gasteiger partial charge in [0.2, 0.25) is 0 Å². The van der Waals surface area contributed by atoms with E-state index in [1.807, 2.05) is 30.0 Å². The maximum Gasteiger partial charge on any atom is 0.274 e. The van der Waals surface area contributed by atoms with Gasteiger partial charge in [-0.15, -0.1) is 0 Å². The molecular formula is C20H25N3O2. The van der Waals surface area contributed by atoms with Crippen LogP contribution in [0.3, 0.4) is 0 Å². The number of likely N-dealkylation sites (tertiary alicyclic amines) is 1. The molecular weight excluding hydrogens is 314 g/mol. The summed E-state index contributed by atoms with van der Waals surface area (Å²) in [5.41, 5.74) is 3.09. The number of aromatic nitrogens is 2. The number of nitrogens with zero attached hydrogens (tertiary/aromatic N) is 3. The molecule has 1 aliphatic rings. The number of hydrogen-bond donors (Lipinski definition) is 0. The van der Waals surface area contributed by atoms with Gasteiger partial charge in [0.1, 0.15) is 11.4 Å². The average Bonchev–Trinajstić information content (AvgIpc) is 3.17. The number of rotatable bonds is 6. The van der Waals surface area contributed by atoms with Crippen LogP contribution in [0.4, 0.5) is 0 Å². The summed E-state index contributed by atoms with van der Waals surface area (Å²) in [6.45, 7) is 6.46. The van der Waals surface area contributed by atoms with Crippen molar-refractivity contribution in [2.45, 2.75) is 39.5 Å². The third-order valence-corrected chi connectivity index (χ3v) is 4.41. The lowest BCUT2D eigenvalue weighted by molar-refractivity contribution is 0.0786. The van der Waals surface area contributed by atoms with E-state index < -0.39 is 0 Å². The largest absolute Gasteiger partial charge is 0.493 e. The SMILES string of the molecule is CCCCOc1ccc(C)cc1-c1cncc(C(=O)N2CCCC2)n1. The monoisotopic (exact) mass is 339 g/mol. The number of carbonyl (C=O) groups is 1. The smallest absolute Gasteiger partial charge is 0.274 e. The van der Waals surface area contributed by atoms with Crippen molar-refractivity contribution < 1.29 is 9.53 Å². The molecule has 0 radical (unpaired) electrons. The molecule has 0 aliphatic carbocycles. The van der Waals surface area contributed by atoms with Crippen LogP contribution < -0.4 is 4.74 Å². The van der Waals surface area contributed by atoms with E-state index in [1.165, 1.54) is 0 Å². The second-order valence-electron chi connectivity index (χ2n) is 6.49. The van der Waals surface area contributed by atoms with Crippen LogP contribution in [0.1, 0.15) is 48.7 Å². The van der Waals surface area contributed by atoms with E-state index in [1.54, 1.807) is 12.4 Å². The van der Waals surface area contributed by atoms with Crippen molar-refractivity contribution in [3.63, 3.8) is 0 Å². The predicted molar refractivity (Wildman–Crippen MR) is 97.7 cm³/mol. The molecule has 1 aromatic carbocycles. The zero-order valence-electron chi connectivity index (χ0n) is 15.0. The number of ether oxygens (including phenoxy) is 1. The fourth-order valence-electron chi connectivity index (χ4n) is 2.98. The third-order valence-electron chi connectivity index (χ3n) is 4.41. The Balaban J connectivity index is 1.89. The molecule has 0 bridgehead atoms. The van der Waals surface area contributed by atoms with Gasteiger partial charge in [-0.3, -0.25) is 9.78 Å². The summed E-state index contributed by atoms with van der Waals surface area (Å²) in [4.78, 5) is 23.3. The molecule has 25 heavy (non-hydrogen) atoms. The molecule has 1 amide bonds. The second-order valence-corrected chi connectivity index (χ2v) is 6.49. The molecule has 0 atom stereocenters. The number of aryl methyl sites for hydroxylation is 1. The third kappa shape index (κ3) is 4.16. The number of carbonyl (C=O) groups excluding carboxylic acids is 1. The van der Waals surface area contributed by atoms with Crippen molar-refractivity contribution in [3.8, 4) is 17.0 Å². The summed E-state index contributed by atoms with van der Waals surface area (Å²) in [7, 11) is 0. The van der Waals surface area contributed by atoms with Gasteiger partial charge in [0, 0.05) is 18.7 Å². The topological polar surface area (TPSA) is 55.3 Å². The van der Waals surface area contributed by atoms with Gasteiger partial charge in [-0.1, -0.05) is 25.0 Å². The van der Waals surface area contributed by atoms with Gasteiger partial charge < -0.3 is 9.64 Å². The maximum atomic E-state index is 12.6. The molecule has 5 heteroatoms. The summed E-state index contributed by atoms with van der Waals surface area (Å²) in [5, 5.41) is 0. The number of benzene rings is 1. The van der Waals surface area contributed by atoms with Crippen molar-refractivity contribution in [1.82, 2.24) is 14.9 Å².